The Kier molecular flexibility index (Phi) is 3.92. The Hall–Kier alpha value is -2.45. The molecule has 0 aliphatic rings. The number of aromatic nitrogens is 3. The first-order valence-corrected chi connectivity index (χ1v) is 5.77. The van der Waals surface area contributed by atoms with Gasteiger partial charge in [0.1, 0.15) is 12.1 Å². The summed E-state index contributed by atoms with van der Waals surface area (Å²) in [5.74, 6) is -1.74. The molecule has 1 aromatic carbocycles. The second-order valence-electron chi connectivity index (χ2n) is 4.21. The summed E-state index contributed by atoms with van der Waals surface area (Å²) in [7, 11) is 1.62. The van der Waals surface area contributed by atoms with E-state index in [9.17, 15) is 22.4 Å². The monoisotopic (exact) mass is 302 g/mol. The van der Waals surface area contributed by atoms with E-state index in [0.717, 1.165) is 0 Å². The molecule has 0 saturated heterocycles. The van der Waals surface area contributed by atoms with Crippen molar-refractivity contribution in [2.75, 3.05) is 0 Å². The number of alkyl halides is 3. The highest BCUT2D eigenvalue weighted by Gasteiger charge is 2.31. The minimum Gasteiger partial charge on any atom is -0.345 e. The molecular weight excluding hydrogens is 292 g/mol. The fourth-order valence-electron chi connectivity index (χ4n) is 1.60. The molecule has 1 amide bonds. The van der Waals surface area contributed by atoms with Gasteiger partial charge in [-0.25, -0.2) is 9.37 Å². The second-order valence-corrected chi connectivity index (χ2v) is 4.21. The topological polar surface area (TPSA) is 59.8 Å². The zero-order chi connectivity index (χ0) is 15.6. The van der Waals surface area contributed by atoms with Crippen LogP contribution in [0, 0.1) is 5.82 Å². The summed E-state index contributed by atoms with van der Waals surface area (Å²) in [5, 5.41) is 6.14. The third kappa shape index (κ3) is 3.56. The SMILES string of the molecule is Cn1cnc(CNC(=O)c2cc(C(F)(F)F)ccc2F)n1. The fourth-order valence-corrected chi connectivity index (χ4v) is 1.60. The average molecular weight is 302 g/mol. The number of halogens is 4. The van der Waals surface area contributed by atoms with Crippen LogP contribution in [0.1, 0.15) is 21.7 Å². The number of rotatable bonds is 3. The molecule has 2 rings (SSSR count). The van der Waals surface area contributed by atoms with Gasteiger partial charge in [-0.1, -0.05) is 0 Å². The Balaban J connectivity index is 2.15. The molecule has 21 heavy (non-hydrogen) atoms. The lowest BCUT2D eigenvalue weighted by Crippen LogP contribution is -2.25. The Bertz CT molecular complexity index is 666. The molecule has 0 fully saturated rings. The number of nitrogens with one attached hydrogen (secondary N) is 1. The summed E-state index contributed by atoms with van der Waals surface area (Å²) in [6.45, 7) is -0.116. The van der Waals surface area contributed by atoms with Crippen molar-refractivity contribution in [3.8, 4) is 0 Å². The molecule has 0 spiro atoms. The molecule has 0 aliphatic heterocycles. The number of hydrogen-bond donors (Lipinski definition) is 1. The lowest BCUT2D eigenvalue weighted by Gasteiger charge is -2.09. The van der Waals surface area contributed by atoms with E-state index >= 15 is 0 Å². The van der Waals surface area contributed by atoms with Crippen LogP contribution in [0.15, 0.2) is 24.5 Å². The summed E-state index contributed by atoms with van der Waals surface area (Å²) >= 11 is 0. The molecule has 9 heteroatoms. The van der Waals surface area contributed by atoms with E-state index in [4.69, 9.17) is 0 Å². The number of nitrogens with zero attached hydrogens (tertiary/aromatic N) is 3. The van der Waals surface area contributed by atoms with E-state index in [0.29, 0.717) is 18.2 Å². The molecule has 5 nitrogen and oxygen atoms in total. The van der Waals surface area contributed by atoms with Crippen molar-refractivity contribution in [1.29, 1.82) is 0 Å². The van der Waals surface area contributed by atoms with Crippen LogP contribution < -0.4 is 5.32 Å². The maximum Gasteiger partial charge on any atom is 0.416 e. The Morgan fingerprint density at radius 3 is 2.67 bits per heavy atom. The van der Waals surface area contributed by atoms with Crippen molar-refractivity contribution in [1.82, 2.24) is 20.1 Å². The first kappa shape index (κ1) is 14.9. The van der Waals surface area contributed by atoms with Crippen molar-refractivity contribution in [3.63, 3.8) is 0 Å². The van der Waals surface area contributed by atoms with Crippen LogP contribution in [-0.4, -0.2) is 20.7 Å². The lowest BCUT2D eigenvalue weighted by atomic mass is 10.1. The molecule has 0 unspecified atom stereocenters. The molecule has 0 atom stereocenters. The lowest BCUT2D eigenvalue weighted by molar-refractivity contribution is -0.137. The predicted molar refractivity (Wildman–Crippen MR) is 63.6 cm³/mol. The Morgan fingerprint density at radius 2 is 2.10 bits per heavy atom. The highest BCUT2D eigenvalue weighted by molar-refractivity contribution is 5.94. The maximum absolute atomic E-state index is 13.5. The fraction of sp³-hybridized carbons (Fsp3) is 0.250. The van der Waals surface area contributed by atoms with Gasteiger partial charge in [-0.2, -0.15) is 18.3 Å². The van der Waals surface area contributed by atoms with Gasteiger partial charge >= 0.3 is 6.18 Å². The molecule has 1 heterocycles. The number of aryl methyl sites for hydroxylation is 1. The van der Waals surface area contributed by atoms with E-state index in [2.05, 4.69) is 15.4 Å². The van der Waals surface area contributed by atoms with Gasteiger partial charge in [0.05, 0.1) is 17.7 Å². The summed E-state index contributed by atoms with van der Waals surface area (Å²) in [4.78, 5) is 15.6. The normalized spacial score (nSPS) is 11.5. The first-order valence-electron chi connectivity index (χ1n) is 5.77. The van der Waals surface area contributed by atoms with Crippen LogP contribution in [0.5, 0.6) is 0 Å². The smallest absolute Gasteiger partial charge is 0.345 e. The highest BCUT2D eigenvalue weighted by Crippen LogP contribution is 2.30. The molecule has 112 valence electrons. The number of amides is 1. The number of carbonyl (C=O) groups is 1. The zero-order valence-corrected chi connectivity index (χ0v) is 10.8. The number of carbonyl (C=O) groups excluding carboxylic acids is 1. The van der Waals surface area contributed by atoms with Crippen LogP contribution in [0.3, 0.4) is 0 Å². The highest BCUT2D eigenvalue weighted by atomic mass is 19.4. The number of hydrogen-bond acceptors (Lipinski definition) is 3. The van der Waals surface area contributed by atoms with Gasteiger partial charge in [-0.15, -0.1) is 0 Å². The largest absolute Gasteiger partial charge is 0.416 e. The Morgan fingerprint density at radius 1 is 1.38 bits per heavy atom. The standard InChI is InChI=1S/C12H10F4N4O/c1-20-6-18-10(19-20)5-17-11(21)8-4-7(12(14,15)16)2-3-9(8)13/h2-4,6H,5H2,1H3,(H,17,21). The van der Waals surface area contributed by atoms with Gasteiger partial charge in [0, 0.05) is 7.05 Å². The van der Waals surface area contributed by atoms with Crippen LogP contribution in [0.25, 0.3) is 0 Å². The van der Waals surface area contributed by atoms with Gasteiger partial charge in [-0.3, -0.25) is 9.48 Å². The van der Waals surface area contributed by atoms with E-state index in [-0.39, 0.29) is 12.4 Å². The van der Waals surface area contributed by atoms with E-state index in [1.807, 2.05) is 0 Å². The molecule has 1 aromatic heterocycles. The van der Waals surface area contributed by atoms with Crippen LogP contribution in [0.2, 0.25) is 0 Å². The molecule has 0 bridgehead atoms. The predicted octanol–water partition coefficient (Wildman–Crippen LogP) is 1.90. The molecular formula is C12H10F4N4O. The van der Waals surface area contributed by atoms with E-state index in [1.165, 1.54) is 11.0 Å². The zero-order valence-electron chi connectivity index (χ0n) is 10.8. The van der Waals surface area contributed by atoms with Crippen molar-refractivity contribution < 1.29 is 22.4 Å². The van der Waals surface area contributed by atoms with Crippen LogP contribution in [-0.2, 0) is 19.8 Å². The van der Waals surface area contributed by atoms with E-state index in [1.54, 1.807) is 7.05 Å². The molecule has 0 radical (unpaired) electrons. The van der Waals surface area contributed by atoms with Gasteiger partial charge in [0.2, 0.25) is 0 Å². The van der Waals surface area contributed by atoms with Crippen molar-refractivity contribution in [3.05, 3.63) is 47.3 Å². The van der Waals surface area contributed by atoms with Gasteiger partial charge in [0.25, 0.3) is 5.91 Å². The second kappa shape index (κ2) is 5.51. The molecule has 2 aromatic rings. The molecule has 0 saturated carbocycles. The summed E-state index contributed by atoms with van der Waals surface area (Å²) in [6.07, 6.45) is -3.25. The molecule has 1 N–H and O–H groups in total. The Labute approximate surface area is 116 Å². The van der Waals surface area contributed by atoms with Crippen molar-refractivity contribution >= 4 is 5.91 Å². The van der Waals surface area contributed by atoms with Crippen molar-refractivity contribution in [2.24, 2.45) is 7.05 Å². The van der Waals surface area contributed by atoms with E-state index < -0.39 is 29.0 Å². The van der Waals surface area contributed by atoms with Crippen molar-refractivity contribution in [2.45, 2.75) is 12.7 Å². The number of benzene rings is 1. The van der Waals surface area contributed by atoms with Gasteiger partial charge < -0.3 is 5.32 Å². The summed E-state index contributed by atoms with van der Waals surface area (Å²) < 4.78 is 52.5. The summed E-state index contributed by atoms with van der Waals surface area (Å²) in [5.41, 5.74) is -1.77. The van der Waals surface area contributed by atoms with Gasteiger partial charge in [0.15, 0.2) is 5.82 Å². The minimum absolute atomic E-state index is 0.116. The minimum atomic E-state index is -4.65. The summed E-state index contributed by atoms with van der Waals surface area (Å²) in [6, 6.07) is 1.65. The maximum atomic E-state index is 13.5. The third-order valence-electron chi connectivity index (χ3n) is 2.59. The first-order chi connectivity index (χ1) is 9.77. The van der Waals surface area contributed by atoms with Crippen LogP contribution >= 0.6 is 0 Å². The average Bonchev–Trinajstić information content (AvgIpc) is 2.81. The quantitative estimate of drug-likeness (QED) is 0.881. The van der Waals surface area contributed by atoms with Crippen LogP contribution in [0.4, 0.5) is 17.6 Å². The van der Waals surface area contributed by atoms with Gasteiger partial charge in [-0.05, 0) is 18.2 Å². The molecule has 0 aliphatic carbocycles. The third-order valence-corrected chi connectivity index (χ3v) is 2.59.